The quantitative estimate of drug-likeness (QED) is 0.780. The Morgan fingerprint density at radius 1 is 1.20 bits per heavy atom. The van der Waals surface area contributed by atoms with Gasteiger partial charge in [0.2, 0.25) is 10.0 Å². The second-order valence-electron chi connectivity index (χ2n) is 4.15. The van der Waals surface area contributed by atoms with Crippen molar-refractivity contribution in [2.45, 2.75) is 23.1 Å². The predicted octanol–water partition coefficient (Wildman–Crippen LogP) is 1.01. The monoisotopic (exact) mass is 316 g/mol. The van der Waals surface area contributed by atoms with Gasteiger partial charge >= 0.3 is 0 Å². The van der Waals surface area contributed by atoms with Crippen LogP contribution in [0.25, 0.3) is 0 Å². The number of rotatable bonds is 6. The number of nitriles is 1. The Morgan fingerprint density at radius 2 is 1.80 bits per heavy atom. The summed E-state index contributed by atoms with van der Waals surface area (Å²) < 4.78 is 48.8. The minimum atomic E-state index is -3.79. The first-order chi connectivity index (χ1) is 9.23. The van der Waals surface area contributed by atoms with Crippen molar-refractivity contribution in [3.8, 4) is 6.07 Å². The molecule has 0 aliphatic heterocycles. The zero-order valence-corrected chi connectivity index (χ0v) is 12.9. The number of benzene rings is 1. The molecule has 0 aliphatic rings. The Hall–Kier alpha value is -1.43. The summed E-state index contributed by atoms with van der Waals surface area (Å²) in [4.78, 5) is -0.130. The number of hydrogen-bond donors (Lipinski definition) is 0. The molecular formula is C12H16N2O4S2. The van der Waals surface area contributed by atoms with Crippen LogP contribution in [0.3, 0.4) is 0 Å². The zero-order chi connectivity index (χ0) is 15.4. The second kappa shape index (κ2) is 6.35. The molecule has 0 saturated carbocycles. The normalized spacial score (nSPS) is 12.3. The van der Waals surface area contributed by atoms with Crippen LogP contribution in [-0.2, 0) is 19.9 Å². The van der Waals surface area contributed by atoms with Gasteiger partial charge in [-0.2, -0.15) is 9.57 Å². The summed E-state index contributed by atoms with van der Waals surface area (Å²) in [5.74, 6) is 0. The van der Waals surface area contributed by atoms with Crippen molar-refractivity contribution in [3.05, 3.63) is 24.3 Å². The van der Waals surface area contributed by atoms with E-state index in [1.165, 1.54) is 18.2 Å². The third kappa shape index (κ3) is 3.79. The molecule has 0 aliphatic carbocycles. The van der Waals surface area contributed by atoms with Crippen LogP contribution in [0.15, 0.2) is 34.1 Å². The van der Waals surface area contributed by atoms with Crippen molar-refractivity contribution >= 4 is 19.9 Å². The van der Waals surface area contributed by atoms with Gasteiger partial charge in [0, 0.05) is 25.8 Å². The average molecular weight is 316 g/mol. The molecular weight excluding hydrogens is 300 g/mol. The standard InChI is InChI=1S/C12H16N2O4S2/c1-3-14(9-5-8-13)20(17,18)12-7-4-6-11(10-12)19(2,15)16/h4,6-7,10H,3,5,9H2,1-2H3. The highest BCUT2D eigenvalue weighted by molar-refractivity contribution is 7.91. The van der Waals surface area contributed by atoms with E-state index in [1.54, 1.807) is 6.92 Å². The molecule has 0 saturated heterocycles. The molecule has 0 fully saturated rings. The molecule has 0 radical (unpaired) electrons. The Morgan fingerprint density at radius 3 is 2.30 bits per heavy atom. The molecule has 0 unspecified atom stereocenters. The lowest BCUT2D eigenvalue weighted by atomic mass is 10.4. The van der Waals surface area contributed by atoms with E-state index in [9.17, 15) is 16.8 Å². The first kappa shape index (κ1) is 16.6. The maximum atomic E-state index is 12.4. The van der Waals surface area contributed by atoms with Crippen LogP contribution in [-0.4, -0.2) is 40.5 Å². The van der Waals surface area contributed by atoms with Crippen LogP contribution >= 0.6 is 0 Å². The summed E-state index contributed by atoms with van der Waals surface area (Å²) in [6, 6.07) is 7.11. The summed E-state index contributed by atoms with van der Waals surface area (Å²) in [5, 5.41) is 8.55. The van der Waals surface area contributed by atoms with Gasteiger partial charge in [-0.1, -0.05) is 13.0 Å². The zero-order valence-electron chi connectivity index (χ0n) is 11.3. The van der Waals surface area contributed by atoms with E-state index >= 15 is 0 Å². The highest BCUT2D eigenvalue weighted by Crippen LogP contribution is 2.19. The highest BCUT2D eigenvalue weighted by Gasteiger charge is 2.23. The van der Waals surface area contributed by atoms with Gasteiger partial charge < -0.3 is 0 Å². The first-order valence-electron chi connectivity index (χ1n) is 5.90. The molecule has 8 heteroatoms. The van der Waals surface area contributed by atoms with Crippen molar-refractivity contribution < 1.29 is 16.8 Å². The molecule has 0 amide bonds. The topological polar surface area (TPSA) is 95.3 Å². The molecule has 1 rings (SSSR count). The molecule has 0 bridgehead atoms. The van der Waals surface area contributed by atoms with Crippen LogP contribution < -0.4 is 0 Å². The number of nitrogens with zero attached hydrogens (tertiary/aromatic N) is 2. The van der Waals surface area contributed by atoms with Gasteiger partial charge in [-0.05, 0) is 18.2 Å². The van der Waals surface area contributed by atoms with Gasteiger partial charge in [0.15, 0.2) is 9.84 Å². The molecule has 0 N–H and O–H groups in total. The first-order valence-corrected chi connectivity index (χ1v) is 9.24. The van der Waals surface area contributed by atoms with Crippen LogP contribution in [0.4, 0.5) is 0 Å². The van der Waals surface area contributed by atoms with Gasteiger partial charge in [-0.25, -0.2) is 16.8 Å². The van der Waals surface area contributed by atoms with E-state index in [1.807, 2.05) is 6.07 Å². The summed E-state index contributed by atoms with van der Waals surface area (Å²) in [6.45, 7) is 1.96. The highest BCUT2D eigenvalue weighted by atomic mass is 32.2. The van der Waals surface area contributed by atoms with Crippen LogP contribution in [0, 0.1) is 11.3 Å². The predicted molar refractivity (Wildman–Crippen MR) is 74.2 cm³/mol. The summed E-state index contributed by atoms with van der Waals surface area (Å²) in [5.41, 5.74) is 0. The van der Waals surface area contributed by atoms with Gasteiger partial charge in [0.1, 0.15) is 0 Å². The van der Waals surface area contributed by atoms with Crippen LogP contribution in [0.2, 0.25) is 0 Å². The molecule has 20 heavy (non-hydrogen) atoms. The molecule has 1 aromatic rings. The van der Waals surface area contributed by atoms with Crippen molar-refractivity contribution in [2.24, 2.45) is 0 Å². The van der Waals surface area contributed by atoms with Gasteiger partial charge in [-0.15, -0.1) is 0 Å². The third-order valence-electron chi connectivity index (χ3n) is 2.70. The number of sulfone groups is 1. The minimum absolute atomic E-state index is 0.0464. The molecule has 1 aromatic carbocycles. The van der Waals surface area contributed by atoms with E-state index in [0.29, 0.717) is 0 Å². The second-order valence-corrected chi connectivity index (χ2v) is 8.11. The number of hydrogen-bond acceptors (Lipinski definition) is 5. The summed E-state index contributed by atoms with van der Waals surface area (Å²) >= 11 is 0. The number of sulfonamides is 1. The third-order valence-corrected chi connectivity index (χ3v) is 5.78. The fourth-order valence-corrected chi connectivity index (χ4v) is 3.87. The lowest BCUT2D eigenvalue weighted by Crippen LogP contribution is -2.31. The van der Waals surface area contributed by atoms with E-state index < -0.39 is 19.9 Å². The van der Waals surface area contributed by atoms with Gasteiger partial charge in [-0.3, -0.25) is 0 Å². The molecule has 110 valence electrons. The molecule has 0 spiro atoms. The fourth-order valence-electron chi connectivity index (χ4n) is 1.64. The molecule has 0 atom stereocenters. The largest absolute Gasteiger partial charge is 0.243 e. The average Bonchev–Trinajstić information content (AvgIpc) is 2.38. The maximum absolute atomic E-state index is 12.4. The Balaban J connectivity index is 3.25. The maximum Gasteiger partial charge on any atom is 0.243 e. The van der Waals surface area contributed by atoms with E-state index in [-0.39, 0.29) is 29.3 Å². The molecule has 0 aromatic heterocycles. The Kier molecular flexibility index (Phi) is 5.28. The SMILES string of the molecule is CCN(CCC#N)S(=O)(=O)c1cccc(S(C)(=O)=O)c1. The van der Waals surface area contributed by atoms with Crippen molar-refractivity contribution in [2.75, 3.05) is 19.3 Å². The van der Waals surface area contributed by atoms with E-state index in [2.05, 4.69) is 0 Å². The summed E-state index contributed by atoms with van der Waals surface area (Å²) in [7, 11) is -7.26. The minimum Gasteiger partial charge on any atom is -0.224 e. The van der Waals surface area contributed by atoms with Crippen LogP contribution in [0.5, 0.6) is 0 Å². The summed E-state index contributed by atoms with van der Waals surface area (Å²) in [6.07, 6.45) is 1.10. The van der Waals surface area contributed by atoms with Crippen LogP contribution in [0.1, 0.15) is 13.3 Å². The van der Waals surface area contributed by atoms with Gasteiger partial charge in [0.05, 0.1) is 15.9 Å². The van der Waals surface area contributed by atoms with Crippen molar-refractivity contribution in [1.29, 1.82) is 5.26 Å². The van der Waals surface area contributed by atoms with Crippen molar-refractivity contribution in [1.82, 2.24) is 4.31 Å². The van der Waals surface area contributed by atoms with Crippen molar-refractivity contribution in [3.63, 3.8) is 0 Å². The Bertz CT molecular complexity index is 718. The lowest BCUT2D eigenvalue weighted by molar-refractivity contribution is 0.435. The van der Waals surface area contributed by atoms with E-state index in [4.69, 9.17) is 5.26 Å². The smallest absolute Gasteiger partial charge is 0.224 e. The Labute approximate surface area is 119 Å². The molecule has 0 heterocycles. The van der Waals surface area contributed by atoms with E-state index in [0.717, 1.165) is 16.6 Å². The fraction of sp³-hybridized carbons (Fsp3) is 0.417. The lowest BCUT2D eigenvalue weighted by Gasteiger charge is -2.19. The molecule has 6 nitrogen and oxygen atoms in total. The van der Waals surface area contributed by atoms with Gasteiger partial charge in [0.25, 0.3) is 0 Å².